The fourth-order valence-electron chi connectivity index (χ4n) is 1.33. The second-order valence-electron chi connectivity index (χ2n) is 4.06. The number of hydrogen-bond acceptors (Lipinski definition) is 4. The number of aliphatic carboxylic acids is 1. The van der Waals surface area contributed by atoms with E-state index in [-0.39, 0.29) is 12.3 Å². The molecule has 88 valence electrons. The van der Waals surface area contributed by atoms with Gasteiger partial charge in [0.2, 0.25) is 0 Å². The summed E-state index contributed by atoms with van der Waals surface area (Å²) in [6, 6.07) is 0. The van der Waals surface area contributed by atoms with Crippen LogP contribution in [0.4, 0.5) is 0 Å². The lowest BCUT2D eigenvalue weighted by atomic mass is 10.2. The minimum atomic E-state index is -0.783. The zero-order valence-corrected chi connectivity index (χ0v) is 9.90. The maximum atomic E-state index is 10.4. The van der Waals surface area contributed by atoms with Crippen LogP contribution in [0.1, 0.15) is 50.1 Å². The zero-order chi connectivity index (χ0) is 12.1. The smallest absolute Gasteiger partial charge is 0.303 e. The van der Waals surface area contributed by atoms with E-state index in [1.54, 1.807) is 0 Å². The molecule has 1 aromatic heterocycles. The van der Waals surface area contributed by atoms with Crippen LogP contribution in [-0.2, 0) is 11.2 Å². The van der Waals surface area contributed by atoms with E-state index >= 15 is 0 Å². The molecule has 0 fully saturated rings. The summed E-state index contributed by atoms with van der Waals surface area (Å²) < 4.78 is 0. The quantitative estimate of drug-likeness (QED) is 0.822. The van der Waals surface area contributed by atoms with Gasteiger partial charge in [0, 0.05) is 18.8 Å². The Labute approximate surface area is 95.0 Å². The van der Waals surface area contributed by atoms with E-state index in [1.165, 1.54) is 0 Å². The highest BCUT2D eigenvalue weighted by atomic mass is 16.4. The lowest BCUT2D eigenvalue weighted by Crippen LogP contribution is -2.07. The van der Waals surface area contributed by atoms with Gasteiger partial charge in [-0.25, -0.2) is 15.0 Å². The lowest BCUT2D eigenvalue weighted by Gasteiger charge is -2.06. The molecule has 1 heterocycles. The number of nitrogens with zero attached hydrogens (tertiary/aromatic N) is 3. The molecule has 0 aliphatic carbocycles. The van der Waals surface area contributed by atoms with Crippen molar-refractivity contribution in [2.75, 3.05) is 0 Å². The monoisotopic (exact) mass is 223 g/mol. The van der Waals surface area contributed by atoms with Gasteiger partial charge >= 0.3 is 5.97 Å². The number of rotatable bonds is 5. The van der Waals surface area contributed by atoms with Crippen molar-refractivity contribution in [2.24, 2.45) is 0 Å². The minimum Gasteiger partial charge on any atom is -0.481 e. The SMILES string of the molecule is Cc1nc(CCCC(=O)O)nc(C(C)C)n1. The Morgan fingerprint density at radius 2 is 2.00 bits per heavy atom. The first-order valence-corrected chi connectivity index (χ1v) is 5.42. The van der Waals surface area contributed by atoms with Crippen molar-refractivity contribution in [2.45, 2.75) is 46.0 Å². The van der Waals surface area contributed by atoms with Crippen LogP contribution < -0.4 is 0 Å². The van der Waals surface area contributed by atoms with E-state index in [0.29, 0.717) is 24.5 Å². The lowest BCUT2D eigenvalue weighted by molar-refractivity contribution is -0.137. The van der Waals surface area contributed by atoms with Gasteiger partial charge in [-0.15, -0.1) is 0 Å². The molecule has 1 rings (SSSR count). The summed E-state index contributed by atoms with van der Waals surface area (Å²) in [7, 11) is 0. The molecule has 0 saturated carbocycles. The summed E-state index contributed by atoms with van der Waals surface area (Å²) in [5, 5.41) is 8.54. The molecule has 0 saturated heterocycles. The van der Waals surface area contributed by atoms with Crippen molar-refractivity contribution in [3.8, 4) is 0 Å². The summed E-state index contributed by atoms with van der Waals surface area (Å²) in [6.07, 6.45) is 1.31. The summed E-state index contributed by atoms with van der Waals surface area (Å²) in [5.41, 5.74) is 0. The number of aryl methyl sites for hydroxylation is 2. The Hall–Kier alpha value is -1.52. The molecule has 0 radical (unpaired) electrons. The average molecular weight is 223 g/mol. The van der Waals surface area contributed by atoms with Crippen molar-refractivity contribution >= 4 is 5.97 Å². The molecule has 5 nitrogen and oxygen atoms in total. The van der Waals surface area contributed by atoms with Crippen LogP contribution in [-0.4, -0.2) is 26.0 Å². The molecule has 16 heavy (non-hydrogen) atoms. The van der Waals surface area contributed by atoms with E-state index in [4.69, 9.17) is 5.11 Å². The van der Waals surface area contributed by atoms with E-state index in [1.807, 2.05) is 20.8 Å². The predicted octanol–water partition coefficient (Wildman–Crippen LogP) is 1.71. The second-order valence-corrected chi connectivity index (χ2v) is 4.06. The number of hydrogen-bond donors (Lipinski definition) is 1. The normalized spacial score (nSPS) is 10.8. The first-order valence-electron chi connectivity index (χ1n) is 5.42. The topological polar surface area (TPSA) is 76.0 Å². The van der Waals surface area contributed by atoms with Crippen LogP contribution in [0.15, 0.2) is 0 Å². The fourth-order valence-corrected chi connectivity index (χ4v) is 1.33. The molecule has 1 aromatic rings. The summed E-state index contributed by atoms with van der Waals surface area (Å²) in [4.78, 5) is 23.1. The van der Waals surface area contributed by atoms with Gasteiger partial charge < -0.3 is 5.11 Å². The van der Waals surface area contributed by atoms with Gasteiger partial charge in [-0.2, -0.15) is 0 Å². The summed E-state index contributed by atoms with van der Waals surface area (Å²) in [6.45, 7) is 5.87. The Bertz CT molecular complexity index is 377. The molecular weight excluding hydrogens is 206 g/mol. The van der Waals surface area contributed by atoms with Gasteiger partial charge in [-0.05, 0) is 13.3 Å². The highest BCUT2D eigenvalue weighted by molar-refractivity contribution is 5.66. The second kappa shape index (κ2) is 5.53. The van der Waals surface area contributed by atoms with Gasteiger partial charge in [-0.1, -0.05) is 13.8 Å². The molecule has 0 aromatic carbocycles. The highest BCUT2D eigenvalue weighted by Crippen LogP contribution is 2.09. The molecule has 5 heteroatoms. The summed E-state index contributed by atoms with van der Waals surface area (Å²) in [5.74, 6) is 1.65. The first kappa shape index (κ1) is 12.5. The number of carboxylic acid groups (broad SMARTS) is 1. The van der Waals surface area contributed by atoms with Crippen molar-refractivity contribution in [3.63, 3.8) is 0 Å². The Kier molecular flexibility index (Phi) is 4.34. The van der Waals surface area contributed by atoms with Crippen LogP contribution in [0.2, 0.25) is 0 Å². The van der Waals surface area contributed by atoms with Crippen LogP contribution >= 0.6 is 0 Å². The number of carbonyl (C=O) groups is 1. The van der Waals surface area contributed by atoms with Gasteiger partial charge in [0.1, 0.15) is 17.5 Å². The van der Waals surface area contributed by atoms with Crippen molar-refractivity contribution in [3.05, 3.63) is 17.5 Å². The van der Waals surface area contributed by atoms with Crippen LogP contribution in [0, 0.1) is 6.92 Å². The Morgan fingerprint density at radius 1 is 1.31 bits per heavy atom. The average Bonchev–Trinajstić information content (AvgIpc) is 2.16. The molecule has 0 bridgehead atoms. The van der Waals surface area contributed by atoms with Crippen LogP contribution in [0.3, 0.4) is 0 Å². The third-order valence-corrected chi connectivity index (χ3v) is 2.12. The van der Waals surface area contributed by atoms with E-state index in [9.17, 15) is 4.79 Å². The molecule has 1 N–H and O–H groups in total. The maximum absolute atomic E-state index is 10.4. The third kappa shape index (κ3) is 3.92. The molecular formula is C11H17N3O2. The van der Waals surface area contributed by atoms with Crippen LogP contribution in [0.25, 0.3) is 0 Å². The highest BCUT2D eigenvalue weighted by Gasteiger charge is 2.07. The third-order valence-electron chi connectivity index (χ3n) is 2.12. The zero-order valence-electron chi connectivity index (χ0n) is 9.90. The Balaban J connectivity index is 2.69. The Morgan fingerprint density at radius 3 is 2.56 bits per heavy atom. The van der Waals surface area contributed by atoms with Crippen molar-refractivity contribution in [1.29, 1.82) is 0 Å². The molecule has 0 unspecified atom stereocenters. The first-order chi connectivity index (χ1) is 7.49. The van der Waals surface area contributed by atoms with Gasteiger partial charge in [0.05, 0.1) is 0 Å². The number of carboxylic acids is 1. The van der Waals surface area contributed by atoms with Crippen LogP contribution in [0.5, 0.6) is 0 Å². The van der Waals surface area contributed by atoms with E-state index < -0.39 is 5.97 Å². The largest absolute Gasteiger partial charge is 0.481 e. The number of aromatic nitrogens is 3. The molecule has 0 amide bonds. The van der Waals surface area contributed by atoms with Gasteiger partial charge in [-0.3, -0.25) is 4.79 Å². The fraction of sp³-hybridized carbons (Fsp3) is 0.636. The van der Waals surface area contributed by atoms with E-state index in [0.717, 1.165) is 5.82 Å². The molecule has 0 aliphatic heterocycles. The molecule has 0 atom stereocenters. The minimum absolute atomic E-state index is 0.155. The van der Waals surface area contributed by atoms with Crippen molar-refractivity contribution < 1.29 is 9.90 Å². The van der Waals surface area contributed by atoms with Crippen molar-refractivity contribution in [1.82, 2.24) is 15.0 Å². The molecule has 0 spiro atoms. The maximum Gasteiger partial charge on any atom is 0.303 e. The van der Waals surface area contributed by atoms with Gasteiger partial charge in [0.25, 0.3) is 0 Å². The predicted molar refractivity (Wildman–Crippen MR) is 59.2 cm³/mol. The summed E-state index contributed by atoms with van der Waals surface area (Å²) >= 11 is 0. The standard InChI is InChI=1S/C11H17N3O2/c1-7(2)11-13-8(3)12-9(14-11)5-4-6-10(15)16/h7H,4-6H2,1-3H3,(H,15,16). The van der Waals surface area contributed by atoms with Gasteiger partial charge in [0.15, 0.2) is 0 Å². The molecule has 0 aliphatic rings. The van der Waals surface area contributed by atoms with E-state index in [2.05, 4.69) is 15.0 Å².